The Labute approximate surface area is 111 Å². The second kappa shape index (κ2) is 4.57. The lowest BCUT2D eigenvalue weighted by molar-refractivity contribution is 0.0849. The molecule has 104 valence electrons. The van der Waals surface area contributed by atoms with E-state index < -0.39 is 26.6 Å². The topological polar surface area (TPSA) is 89.3 Å². The van der Waals surface area contributed by atoms with Crippen molar-refractivity contribution in [3.63, 3.8) is 0 Å². The SMILES string of the molecule is CC1(NC(=O)c2cc(F)cc(S(N)(=O)=O)c2)CCC1. The summed E-state index contributed by atoms with van der Waals surface area (Å²) in [6.07, 6.45) is 2.74. The highest BCUT2D eigenvalue weighted by Gasteiger charge is 2.33. The molecule has 1 aliphatic carbocycles. The van der Waals surface area contributed by atoms with Gasteiger partial charge in [-0.25, -0.2) is 17.9 Å². The third-order valence-electron chi connectivity index (χ3n) is 3.33. The predicted molar refractivity (Wildman–Crippen MR) is 67.5 cm³/mol. The van der Waals surface area contributed by atoms with E-state index in [1.165, 1.54) is 0 Å². The third-order valence-corrected chi connectivity index (χ3v) is 4.23. The van der Waals surface area contributed by atoms with Crippen LogP contribution in [0.25, 0.3) is 0 Å². The summed E-state index contributed by atoms with van der Waals surface area (Å²) in [5.74, 6) is -1.30. The van der Waals surface area contributed by atoms with Crippen LogP contribution in [0.5, 0.6) is 0 Å². The van der Waals surface area contributed by atoms with Gasteiger partial charge in [0.1, 0.15) is 5.82 Å². The Bertz CT molecular complexity index is 624. The minimum atomic E-state index is -4.04. The van der Waals surface area contributed by atoms with E-state index in [9.17, 15) is 17.6 Å². The van der Waals surface area contributed by atoms with Crippen molar-refractivity contribution in [2.75, 3.05) is 0 Å². The number of rotatable bonds is 3. The van der Waals surface area contributed by atoms with E-state index in [-0.39, 0.29) is 11.1 Å². The molecule has 1 aromatic rings. The predicted octanol–water partition coefficient (Wildman–Crippen LogP) is 1.15. The number of carbonyl (C=O) groups is 1. The summed E-state index contributed by atoms with van der Waals surface area (Å²) in [6, 6.07) is 2.86. The quantitative estimate of drug-likeness (QED) is 0.873. The van der Waals surface area contributed by atoms with Crippen molar-refractivity contribution < 1.29 is 17.6 Å². The molecule has 0 aliphatic heterocycles. The van der Waals surface area contributed by atoms with Gasteiger partial charge in [0, 0.05) is 11.1 Å². The van der Waals surface area contributed by atoms with E-state index >= 15 is 0 Å². The third kappa shape index (κ3) is 3.10. The van der Waals surface area contributed by atoms with Crippen LogP contribution in [0.15, 0.2) is 23.1 Å². The fraction of sp³-hybridized carbons (Fsp3) is 0.417. The number of amides is 1. The van der Waals surface area contributed by atoms with E-state index in [2.05, 4.69) is 5.32 Å². The lowest BCUT2D eigenvalue weighted by Crippen LogP contribution is -2.50. The molecule has 0 aromatic heterocycles. The Kier molecular flexibility index (Phi) is 3.36. The fourth-order valence-corrected chi connectivity index (χ4v) is 2.60. The Morgan fingerprint density at radius 3 is 2.47 bits per heavy atom. The number of carbonyl (C=O) groups excluding carboxylic acids is 1. The highest BCUT2D eigenvalue weighted by Crippen LogP contribution is 2.31. The maximum absolute atomic E-state index is 13.3. The molecule has 0 atom stereocenters. The molecular weight excluding hydrogens is 271 g/mol. The van der Waals surface area contributed by atoms with Crippen LogP contribution in [-0.2, 0) is 10.0 Å². The average molecular weight is 286 g/mol. The fourth-order valence-electron chi connectivity index (χ4n) is 2.04. The molecule has 0 unspecified atom stereocenters. The summed E-state index contributed by atoms with van der Waals surface area (Å²) in [5, 5.41) is 7.71. The van der Waals surface area contributed by atoms with E-state index in [4.69, 9.17) is 5.14 Å². The first-order valence-electron chi connectivity index (χ1n) is 5.86. The number of halogens is 1. The maximum atomic E-state index is 13.3. The molecular formula is C12H15FN2O3S. The molecule has 1 aliphatic rings. The van der Waals surface area contributed by atoms with Gasteiger partial charge in [-0.05, 0) is 44.4 Å². The highest BCUT2D eigenvalue weighted by molar-refractivity contribution is 7.89. The second-order valence-electron chi connectivity index (χ2n) is 5.09. The molecule has 0 saturated heterocycles. The number of nitrogens with two attached hydrogens (primary N) is 1. The van der Waals surface area contributed by atoms with Crippen molar-refractivity contribution in [3.8, 4) is 0 Å². The van der Waals surface area contributed by atoms with Crippen LogP contribution in [0.3, 0.4) is 0 Å². The lowest BCUT2D eigenvalue weighted by atomic mass is 9.78. The first-order valence-corrected chi connectivity index (χ1v) is 7.40. The normalized spacial score (nSPS) is 17.6. The van der Waals surface area contributed by atoms with Crippen LogP contribution in [-0.4, -0.2) is 19.9 Å². The zero-order valence-corrected chi connectivity index (χ0v) is 11.3. The first kappa shape index (κ1) is 14.0. The van der Waals surface area contributed by atoms with Gasteiger partial charge in [0.2, 0.25) is 10.0 Å². The molecule has 0 radical (unpaired) electrons. The molecule has 3 N–H and O–H groups in total. The molecule has 1 amide bonds. The van der Waals surface area contributed by atoms with Crippen LogP contribution in [0.4, 0.5) is 4.39 Å². The van der Waals surface area contributed by atoms with Crippen LogP contribution >= 0.6 is 0 Å². The van der Waals surface area contributed by atoms with Crippen LogP contribution in [0.1, 0.15) is 36.5 Å². The van der Waals surface area contributed by atoms with Gasteiger partial charge < -0.3 is 5.32 Å². The van der Waals surface area contributed by atoms with Crippen molar-refractivity contribution in [1.29, 1.82) is 0 Å². The molecule has 1 saturated carbocycles. The maximum Gasteiger partial charge on any atom is 0.251 e. The van der Waals surface area contributed by atoms with Crippen molar-refractivity contribution in [3.05, 3.63) is 29.6 Å². The van der Waals surface area contributed by atoms with E-state index in [0.29, 0.717) is 0 Å². The molecule has 1 fully saturated rings. The first-order chi connectivity index (χ1) is 8.70. The Balaban J connectivity index is 2.29. The van der Waals surface area contributed by atoms with E-state index in [0.717, 1.165) is 37.5 Å². The number of hydrogen-bond acceptors (Lipinski definition) is 3. The molecule has 7 heteroatoms. The minimum absolute atomic E-state index is 0.0443. The van der Waals surface area contributed by atoms with Gasteiger partial charge in [-0.15, -0.1) is 0 Å². The van der Waals surface area contributed by atoms with Crippen molar-refractivity contribution >= 4 is 15.9 Å². The van der Waals surface area contributed by atoms with Crippen LogP contribution in [0.2, 0.25) is 0 Å². The lowest BCUT2D eigenvalue weighted by Gasteiger charge is -2.39. The number of primary sulfonamides is 1. The Morgan fingerprint density at radius 2 is 2.00 bits per heavy atom. The molecule has 5 nitrogen and oxygen atoms in total. The average Bonchev–Trinajstić information content (AvgIpc) is 2.24. The summed E-state index contributed by atoms with van der Waals surface area (Å²) in [7, 11) is -4.04. The van der Waals surface area contributed by atoms with E-state index in [1.54, 1.807) is 0 Å². The zero-order chi connectivity index (χ0) is 14.3. The zero-order valence-electron chi connectivity index (χ0n) is 10.4. The number of hydrogen-bond donors (Lipinski definition) is 2. The van der Waals surface area contributed by atoms with Gasteiger partial charge in [0.05, 0.1) is 4.90 Å². The van der Waals surface area contributed by atoms with Gasteiger partial charge in [0.15, 0.2) is 0 Å². The Morgan fingerprint density at radius 1 is 1.37 bits per heavy atom. The summed E-state index contributed by atoms with van der Waals surface area (Å²) in [5.41, 5.74) is -0.331. The van der Waals surface area contributed by atoms with Crippen molar-refractivity contribution in [1.82, 2.24) is 5.32 Å². The summed E-state index contributed by atoms with van der Waals surface area (Å²) in [4.78, 5) is 11.6. The number of benzene rings is 1. The second-order valence-corrected chi connectivity index (χ2v) is 6.65. The summed E-state index contributed by atoms with van der Waals surface area (Å²) < 4.78 is 35.7. The van der Waals surface area contributed by atoms with Gasteiger partial charge in [-0.1, -0.05) is 0 Å². The molecule has 19 heavy (non-hydrogen) atoms. The van der Waals surface area contributed by atoms with Crippen LogP contribution < -0.4 is 10.5 Å². The highest BCUT2D eigenvalue weighted by atomic mass is 32.2. The standard InChI is InChI=1S/C12H15FN2O3S/c1-12(3-2-4-12)15-11(16)8-5-9(13)7-10(6-8)19(14,17)18/h5-7H,2-4H2,1H3,(H,15,16)(H2,14,17,18). The van der Waals surface area contributed by atoms with Crippen molar-refractivity contribution in [2.45, 2.75) is 36.6 Å². The monoisotopic (exact) mass is 286 g/mol. The molecule has 2 rings (SSSR count). The molecule has 0 heterocycles. The van der Waals surface area contributed by atoms with E-state index in [1.807, 2.05) is 6.92 Å². The van der Waals surface area contributed by atoms with Gasteiger partial charge in [0.25, 0.3) is 5.91 Å². The van der Waals surface area contributed by atoms with Gasteiger partial charge in [-0.3, -0.25) is 4.79 Å². The summed E-state index contributed by atoms with van der Waals surface area (Å²) >= 11 is 0. The molecule has 0 spiro atoms. The largest absolute Gasteiger partial charge is 0.347 e. The smallest absolute Gasteiger partial charge is 0.251 e. The number of sulfonamides is 1. The molecule has 0 bridgehead atoms. The van der Waals surface area contributed by atoms with Gasteiger partial charge >= 0.3 is 0 Å². The Hall–Kier alpha value is -1.47. The minimum Gasteiger partial charge on any atom is -0.347 e. The summed E-state index contributed by atoms with van der Waals surface area (Å²) in [6.45, 7) is 1.90. The number of nitrogens with one attached hydrogen (secondary N) is 1. The van der Waals surface area contributed by atoms with Crippen LogP contribution in [0, 0.1) is 5.82 Å². The molecule has 1 aromatic carbocycles. The van der Waals surface area contributed by atoms with Crippen molar-refractivity contribution in [2.24, 2.45) is 5.14 Å². The van der Waals surface area contributed by atoms with Gasteiger partial charge in [-0.2, -0.15) is 0 Å².